The molecule has 1 saturated carbocycles. The van der Waals surface area contributed by atoms with Gasteiger partial charge in [0.2, 0.25) is 0 Å². The third kappa shape index (κ3) is 5.45. The topological polar surface area (TPSA) is 130 Å². The van der Waals surface area contributed by atoms with Crippen LogP contribution in [-0.2, 0) is 14.3 Å². The van der Waals surface area contributed by atoms with Crippen molar-refractivity contribution in [2.45, 2.75) is 62.4 Å². The van der Waals surface area contributed by atoms with Gasteiger partial charge in [-0.15, -0.1) is 5.10 Å². The van der Waals surface area contributed by atoms with E-state index in [1.807, 2.05) is 0 Å². The molecule has 2 aliphatic rings. The molecule has 3 N–H and O–H groups in total. The number of benzene rings is 2. The van der Waals surface area contributed by atoms with Crippen molar-refractivity contribution in [1.29, 1.82) is 0 Å². The molecule has 2 heterocycles. The summed E-state index contributed by atoms with van der Waals surface area (Å²) in [6.45, 7) is 1.13. The number of aliphatic hydroxyl groups excluding tert-OH is 3. The Morgan fingerprint density at radius 3 is 2.44 bits per heavy atom. The molecule has 1 aromatic heterocycles. The Hall–Kier alpha value is -3.07. The van der Waals surface area contributed by atoms with Crippen molar-refractivity contribution in [2.24, 2.45) is 0 Å². The number of nitrogens with zero attached hydrogens (tertiary/aromatic N) is 4. The number of carbonyl (C=O) groups is 1. The van der Waals surface area contributed by atoms with Gasteiger partial charge in [0.25, 0.3) is 5.91 Å². The highest BCUT2D eigenvalue weighted by Gasteiger charge is 2.52. The van der Waals surface area contributed by atoms with Crippen LogP contribution >= 0.6 is 11.6 Å². The van der Waals surface area contributed by atoms with Gasteiger partial charge < -0.3 is 29.7 Å². The Balaban J connectivity index is 1.53. The minimum atomic E-state index is -1.64. The summed E-state index contributed by atoms with van der Waals surface area (Å²) in [5.41, 5.74) is 1.04. The molecule has 2 aromatic carbocycles. The smallest absolute Gasteiger partial charge is 0.259 e. The van der Waals surface area contributed by atoms with E-state index in [1.54, 1.807) is 25.1 Å². The van der Waals surface area contributed by atoms with Gasteiger partial charge in [0, 0.05) is 23.4 Å². The number of rotatable bonds is 7. The first-order valence-corrected chi connectivity index (χ1v) is 13.2. The summed E-state index contributed by atoms with van der Waals surface area (Å²) in [6.07, 6.45) is -3.87. The quantitative estimate of drug-likeness (QED) is 0.355. The van der Waals surface area contributed by atoms with Gasteiger partial charge >= 0.3 is 0 Å². The maximum Gasteiger partial charge on any atom is 0.259 e. The monoisotopic (exact) mass is 596 g/mol. The number of amides is 1. The first-order valence-electron chi connectivity index (χ1n) is 12.9. The Labute approximate surface area is 237 Å². The van der Waals surface area contributed by atoms with Gasteiger partial charge in [-0.2, -0.15) is 0 Å². The fourth-order valence-electron chi connectivity index (χ4n) is 5.36. The standard InChI is InChI=1S/C27H28ClF3N4O6/c1-12-5-14(28)9-15(6-12)35(19-3-4-20(19)37)27(39)26-25(40-2)23(24(38)21(11-36)41-26)34-10-18(32-33-34)13-7-16(29)22(31)17(30)8-13/h5-10,19-21,23-26,36-38H,3-4,11H2,1-2H3/t19-,20-,21?,23?,24?,25?,26?/m1/s1. The molecule has 7 atom stereocenters. The van der Waals surface area contributed by atoms with Crippen LogP contribution in [-0.4, -0.2) is 86.5 Å². The highest BCUT2D eigenvalue weighted by molar-refractivity contribution is 6.31. The van der Waals surface area contributed by atoms with Crippen LogP contribution in [0.4, 0.5) is 18.9 Å². The fourth-order valence-corrected chi connectivity index (χ4v) is 5.64. The first-order chi connectivity index (χ1) is 19.5. The Bertz CT molecular complexity index is 1400. The van der Waals surface area contributed by atoms with Crippen LogP contribution in [0.1, 0.15) is 24.4 Å². The SMILES string of the molecule is COC1C(C(=O)N(c2cc(C)cc(Cl)c2)[C@@H]2CC[C@H]2O)OC(CO)C(O)C1n1cc(-c2cc(F)c(F)c(F)c2)nn1. The van der Waals surface area contributed by atoms with Gasteiger partial charge in [0.15, 0.2) is 23.6 Å². The maximum absolute atomic E-state index is 14.2. The number of aromatic nitrogens is 3. The molecule has 5 rings (SSSR count). The van der Waals surface area contributed by atoms with Gasteiger partial charge in [-0.3, -0.25) is 4.79 Å². The van der Waals surface area contributed by atoms with E-state index in [1.165, 1.54) is 18.2 Å². The van der Waals surface area contributed by atoms with Crippen molar-refractivity contribution >= 4 is 23.2 Å². The van der Waals surface area contributed by atoms with E-state index in [-0.39, 0.29) is 11.3 Å². The molecule has 41 heavy (non-hydrogen) atoms. The third-order valence-corrected chi connectivity index (χ3v) is 7.77. The Morgan fingerprint density at radius 2 is 1.88 bits per heavy atom. The molecule has 0 radical (unpaired) electrons. The van der Waals surface area contributed by atoms with Gasteiger partial charge in [-0.05, 0) is 55.7 Å². The lowest BCUT2D eigenvalue weighted by Crippen LogP contribution is -2.64. The molecule has 1 amide bonds. The maximum atomic E-state index is 14.2. The number of aliphatic hydroxyl groups is 3. The van der Waals surface area contributed by atoms with Gasteiger partial charge in [-0.25, -0.2) is 17.9 Å². The zero-order valence-electron chi connectivity index (χ0n) is 22.0. The van der Waals surface area contributed by atoms with Crippen LogP contribution in [0.15, 0.2) is 36.5 Å². The lowest BCUT2D eigenvalue weighted by Gasteiger charge is -2.47. The predicted molar refractivity (Wildman–Crippen MR) is 140 cm³/mol. The second-order valence-corrected chi connectivity index (χ2v) is 10.6. The molecule has 3 aromatic rings. The van der Waals surface area contributed by atoms with Crippen LogP contribution in [0.3, 0.4) is 0 Å². The molecule has 1 saturated heterocycles. The van der Waals surface area contributed by atoms with E-state index in [0.29, 0.717) is 23.6 Å². The van der Waals surface area contributed by atoms with Gasteiger partial charge in [0.1, 0.15) is 30.0 Å². The predicted octanol–water partition coefficient (Wildman–Crippen LogP) is 2.56. The molecule has 5 unspecified atom stereocenters. The van der Waals surface area contributed by atoms with Crippen molar-refractivity contribution in [2.75, 3.05) is 18.6 Å². The number of aryl methyl sites for hydroxylation is 1. The second-order valence-electron chi connectivity index (χ2n) is 10.2. The molecular formula is C27H28ClF3N4O6. The molecular weight excluding hydrogens is 569 g/mol. The zero-order valence-corrected chi connectivity index (χ0v) is 22.7. The summed E-state index contributed by atoms with van der Waals surface area (Å²) >= 11 is 6.28. The van der Waals surface area contributed by atoms with E-state index >= 15 is 0 Å². The minimum absolute atomic E-state index is 0.0478. The molecule has 220 valence electrons. The third-order valence-electron chi connectivity index (χ3n) is 7.55. The van der Waals surface area contributed by atoms with Crippen molar-refractivity contribution in [3.8, 4) is 11.3 Å². The molecule has 1 aliphatic heterocycles. The molecule has 0 bridgehead atoms. The highest BCUT2D eigenvalue weighted by Crippen LogP contribution is 2.38. The number of hydrogen-bond donors (Lipinski definition) is 3. The van der Waals surface area contributed by atoms with E-state index in [0.717, 1.165) is 22.4 Å². The number of methoxy groups -OCH3 is 1. The Morgan fingerprint density at radius 1 is 1.17 bits per heavy atom. The average Bonchev–Trinajstić information content (AvgIpc) is 3.42. The van der Waals surface area contributed by atoms with Crippen LogP contribution in [0.5, 0.6) is 0 Å². The number of hydrogen-bond acceptors (Lipinski definition) is 8. The van der Waals surface area contributed by atoms with Crippen molar-refractivity contribution in [3.05, 3.63) is 64.6 Å². The first kappa shape index (κ1) is 29.4. The normalized spacial score (nSPS) is 27.9. The molecule has 1 aliphatic carbocycles. The summed E-state index contributed by atoms with van der Waals surface area (Å²) in [4.78, 5) is 15.6. The largest absolute Gasteiger partial charge is 0.394 e. The van der Waals surface area contributed by atoms with E-state index in [4.69, 9.17) is 21.1 Å². The summed E-state index contributed by atoms with van der Waals surface area (Å²) < 4.78 is 53.9. The van der Waals surface area contributed by atoms with Crippen molar-refractivity contribution in [3.63, 3.8) is 0 Å². The fraction of sp³-hybridized carbons (Fsp3) is 0.444. The lowest BCUT2D eigenvalue weighted by molar-refractivity contribution is -0.211. The summed E-state index contributed by atoms with van der Waals surface area (Å²) in [5, 5.41) is 39.9. The highest BCUT2D eigenvalue weighted by atomic mass is 35.5. The average molecular weight is 597 g/mol. The second kappa shape index (κ2) is 11.7. The van der Waals surface area contributed by atoms with E-state index < -0.39 is 72.6 Å². The van der Waals surface area contributed by atoms with Crippen LogP contribution in [0.2, 0.25) is 5.02 Å². The molecule has 0 spiro atoms. The minimum Gasteiger partial charge on any atom is -0.394 e. The number of carbonyl (C=O) groups excluding carboxylic acids is 1. The van der Waals surface area contributed by atoms with E-state index in [9.17, 15) is 33.3 Å². The summed E-state index contributed by atoms with van der Waals surface area (Å²) in [6, 6.07) is 4.79. The van der Waals surface area contributed by atoms with E-state index in [2.05, 4.69) is 10.3 Å². The van der Waals surface area contributed by atoms with Crippen LogP contribution < -0.4 is 4.90 Å². The number of ether oxygens (including phenoxy) is 2. The molecule has 10 nitrogen and oxygen atoms in total. The van der Waals surface area contributed by atoms with Gasteiger partial charge in [0.05, 0.1) is 24.9 Å². The zero-order chi connectivity index (χ0) is 29.6. The summed E-state index contributed by atoms with van der Waals surface area (Å²) in [7, 11) is 1.29. The van der Waals surface area contributed by atoms with Crippen molar-refractivity contribution in [1.82, 2.24) is 15.0 Å². The number of halogens is 4. The molecule has 2 fully saturated rings. The number of anilines is 1. The van der Waals surface area contributed by atoms with Gasteiger partial charge in [-0.1, -0.05) is 16.8 Å². The van der Waals surface area contributed by atoms with Crippen LogP contribution in [0, 0.1) is 24.4 Å². The summed E-state index contributed by atoms with van der Waals surface area (Å²) in [5.74, 6) is -5.09. The van der Waals surface area contributed by atoms with Crippen LogP contribution in [0.25, 0.3) is 11.3 Å². The van der Waals surface area contributed by atoms with Crippen molar-refractivity contribution < 1.29 is 42.8 Å². The lowest BCUT2D eigenvalue weighted by atomic mass is 9.85. The Kier molecular flexibility index (Phi) is 8.37. The molecule has 14 heteroatoms.